The molecule has 0 bridgehead atoms. The average molecular weight is 430 g/mol. The number of rotatable bonds is 8. The molecule has 0 fully saturated rings. The number of anilines is 1. The lowest BCUT2D eigenvalue weighted by Gasteiger charge is -2.36. The maximum atomic E-state index is 13.5. The first-order valence-corrected chi connectivity index (χ1v) is 10.1. The average Bonchev–Trinajstić information content (AvgIpc) is 3.01. The Morgan fingerprint density at radius 2 is 1.81 bits per heavy atom. The summed E-state index contributed by atoms with van der Waals surface area (Å²) >= 11 is 0. The Labute approximate surface area is 180 Å². The van der Waals surface area contributed by atoms with E-state index in [2.05, 4.69) is 5.32 Å². The van der Waals surface area contributed by atoms with Crippen molar-refractivity contribution in [3.8, 4) is 0 Å². The highest BCUT2D eigenvalue weighted by Crippen LogP contribution is 2.52. The van der Waals surface area contributed by atoms with Gasteiger partial charge in [0.1, 0.15) is 28.9 Å². The van der Waals surface area contributed by atoms with Crippen molar-refractivity contribution >= 4 is 23.5 Å². The number of hydrogen-bond acceptors (Lipinski definition) is 8. The van der Waals surface area contributed by atoms with Crippen molar-refractivity contribution in [1.82, 2.24) is 0 Å². The topological polar surface area (TPSA) is 126 Å². The first-order valence-electron chi connectivity index (χ1n) is 10.1. The van der Waals surface area contributed by atoms with Gasteiger partial charge in [-0.25, -0.2) is 9.59 Å². The van der Waals surface area contributed by atoms with Gasteiger partial charge in [-0.05, 0) is 19.4 Å². The summed E-state index contributed by atoms with van der Waals surface area (Å²) < 4.78 is 21.2. The summed E-state index contributed by atoms with van der Waals surface area (Å²) in [6.45, 7) is 3.71. The largest absolute Gasteiger partial charge is 0.462 e. The van der Waals surface area contributed by atoms with Gasteiger partial charge >= 0.3 is 11.9 Å². The number of allylic oxidation sites excluding steroid dienone is 1. The van der Waals surface area contributed by atoms with Crippen LogP contribution in [0.15, 0.2) is 47.1 Å². The van der Waals surface area contributed by atoms with Gasteiger partial charge in [-0.2, -0.15) is 0 Å². The number of fused-ring (bicyclic) bond motifs is 2. The normalized spacial score (nSPS) is 19.8. The molecule has 2 aliphatic rings. The summed E-state index contributed by atoms with van der Waals surface area (Å²) in [5.41, 5.74) is 4.87. The second kappa shape index (κ2) is 9.22. The fourth-order valence-corrected chi connectivity index (χ4v) is 3.92. The summed E-state index contributed by atoms with van der Waals surface area (Å²) in [5.74, 6) is -2.33. The first-order chi connectivity index (χ1) is 14.9. The zero-order chi connectivity index (χ0) is 22.6. The molecule has 1 aromatic carbocycles. The number of carbonyl (C=O) groups excluding carboxylic acids is 3. The van der Waals surface area contributed by atoms with Crippen LogP contribution in [0.3, 0.4) is 0 Å². The van der Waals surface area contributed by atoms with Crippen LogP contribution in [-0.2, 0) is 38.7 Å². The molecule has 2 aliphatic heterocycles. The highest BCUT2D eigenvalue weighted by Gasteiger charge is 2.62. The lowest BCUT2D eigenvalue weighted by atomic mass is 9.67. The van der Waals surface area contributed by atoms with E-state index in [1.807, 2.05) is 6.92 Å². The molecule has 1 aromatic rings. The summed E-state index contributed by atoms with van der Waals surface area (Å²) in [7, 11) is 1.46. The molecule has 0 radical (unpaired) electrons. The third-order valence-electron chi connectivity index (χ3n) is 5.11. The fourth-order valence-electron chi connectivity index (χ4n) is 3.92. The molecule has 2 heterocycles. The predicted octanol–water partition coefficient (Wildman–Crippen LogP) is 1.88. The van der Waals surface area contributed by atoms with Gasteiger partial charge < -0.3 is 30.0 Å². The third kappa shape index (κ3) is 3.65. The molecule has 166 valence electrons. The van der Waals surface area contributed by atoms with Crippen LogP contribution in [0, 0.1) is 0 Å². The first kappa shape index (κ1) is 22.4. The van der Waals surface area contributed by atoms with Crippen LogP contribution in [0.25, 0.3) is 0 Å². The van der Waals surface area contributed by atoms with Gasteiger partial charge in [0.2, 0.25) is 11.8 Å². The SMILES string of the molecule is CCCC1=C(C(=O)OCC)C2(C(=O)Nc3ccccc32)C(C(=O)OCCOC)=C(N)O1. The molecule has 0 saturated heterocycles. The summed E-state index contributed by atoms with van der Waals surface area (Å²) in [6, 6.07) is 6.80. The van der Waals surface area contributed by atoms with Crippen LogP contribution in [0.5, 0.6) is 0 Å². The smallest absolute Gasteiger partial charge is 0.341 e. The Hall–Kier alpha value is -3.33. The number of ether oxygens (including phenoxy) is 4. The molecule has 9 heteroatoms. The van der Waals surface area contributed by atoms with Gasteiger partial charge in [-0.3, -0.25) is 4.79 Å². The predicted molar refractivity (Wildman–Crippen MR) is 110 cm³/mol. The van der Waals surface area contributed by atoms with Crippen LogP contribution in [0.4, 0.5) is 5.69 Å². The number of carbonyl (C=O) groups is 3. The van der Waals surface area contributed by atoms with E-state index in [9.17, 15) is 14.4 Å². The maximum absolute atomic E-state index is 13.5. The minimum absolute atomic E-state index is 0.0634. The van der Waals surface area contributed by atoms with Gasteiger partial charge in [-0.1, -0.05) is 25.1 Å². The van der Waals surface area contributed by atoms with Crippen molar-refractivity contribution in [2.75, 3.05) is 32.2 Å². The van der Waals surface area contributed by atoms with E-state index in [1.165, 1.54) is 7.11 Å². The Morgan fingerprint density at radius 3 is 2.48 bits per heavy atom. The summed E-state index contributed by atoms with van der Waals surface area (Å²) in [5, 5.41) is 2.76. The van der Waals surface area contributed by atoms with Crippen molar-refractivity contribution in [3.05, 3.63) is 52.6 Å². The van der Waals surface area contributed by atoms with E-state index in [0.717, 1.165) is 0 Å². The minimum atomic E-state index is -1.85. The quantitative estimate of drug-likeness (QED) is 0.473. The number of para-hydroxylation sites is 1. The minimum Gasteiger partial charge on any atom is -0.462 e. The van der Waals surface area contributed by atoms with Gasteiger partial charge in [0.15, 0.2) is 0 Å². The Morgan fingerprint density at radius 1 is 1.10 bits per heavy atom. The van der Waals surface area contributed by atoms with Crippen LogP contribution >= 0.6 is 0 Å². The molecule has 0 aromatic heterocycles. The number of amides is 1. The Kier molecular flexibility index (Phi) is 6.65. The molecule has 1 atom stereocenters. The van der Waals surface area contributed by atoms with Crippen LogP contribution in [0.1, 0.15) is 32.3 Å². The van der Waals surface area contributed by atoms with E-state index in [-0.39, 0.29) is 42.6 Å². The molecule has 1 unspecified atom stereocenters. The molecule has 0 aliphatic carbocycles. The number of methoxy groups -OCH3 is 1. The lowest BCUT2D eigenvalue weighted by Crippen LogP contribution is -2.48. The zero-order valence-electron chi connectivity index (χ0n) is 17.8. The standard InChI is InChI=1S/C22H26N2O7/c1-4-8-15-16(19(25)29-5-2)22(13-9-6-7-10-14(13)24-21(22)27)17(18(23)31-15)20(26)30-12-11-28-3/h6-7,9-10H,4-5,8,11-12,23H2,1-3H3,(H,24,27). The Bertz CT molecular complexity index is 966. The van der Waals surface area contributed by atoms with Gasteiger partial charge in [0.05, 0.1) is 13.2 Å². The molecule has 0 saturated carbocycles. The van der Waals surface area contributed by atoms with Crippen molar-refractivity contribution in [3.63, 3.8) is 0 Å². The fraction of sp³-hybridized carbons (Fsp3) is 0.409. The molecular weight excluding hydrogens is 404 g/mol. The number of hydrogen-bond donors (Lipinski definition) is 2. The molecule has 9 nitrogen and oxygen atoms in total. The zero-order valence-corrected chi connectivity index (χ0v) is 17.8. The molecule has 1 spiro atoms. The van der Waals surface area contributed by atoms with Crippen molar-refractivity contribution in [2.24, 2.45) is 5.73 Å². The van der Waals surface area contributed by atoms with Crippen molar-refractivity contribution in [2.45, 2.75) is 32.1 Å². The second-order valence-electron chi connectivity index (χ2n) is 6.99. The number of nitrogens with two attached hydrogens (primary N) is 1. The van der Waals surface area contributed by atoms with E-state index in [0.29, 0.717) is 24.1 Å². The maximum Gasteiger partial charge on any atom is 0.341 e. The van der Waals surface area contributed by atoms with Crippen molar-refractivity contribution in [1.29, 1.82) is 0 Å². The van der Waals surface area contributed by atoms with E-state index >= 15 is 0 Å². The van der Waals surface area contributed by atoms with Gasteiger partial charge in [0, 0.05) is 24.8 Å². The van der Waals surface area contributed by atoms with Crippen LogP contribution < -0.4 is 11.1 Å². The van der Waals surface area contributed by atoms with Crippen LogP contribution in [0.2, 0.25) is 0 Å². The molecule has 3 N–H and O–H groups in total. The number of esters is 2. The highest BCUT2D eigenvalue weighted by molar-refractivity contribution is 6.21. The van der Waals surface area contributed by atoms with Gasteiger partial charge in [-0.15, -0.1) is 0 Å². The molecule has 1 amide bonds. The number of nitrogens with one attached hydrogen (secondary N) is 1. The lowest BCUT2D eigenvalue weighted by molar-refractivity contribution is -0.144. The summed E-state index contributed by atoms with van der Waals surface area (Å²) in [4.78, 5) is 39.8. The monoisotopic (exact) mass is 430 g/mol. The summed E-state index contributed by atoms with van der Waals surface area (Å²) in [6.07, 6.45) is 0.927. The van der Waals surface area contributed by atoms with E-state index in [4.69, 9.17) is 24.7 Å². The van der Waals surface area contributed by atoms with Gasteiger partial charge in [0.25, 0.3) is 0 Å². The molecule has 31 heavy (non-hydrogen) atoms. The third-order valence-corrected chi connectivity index (χ3v) is 5.11. The van der Waals surface area contributed by atoms with E-state index in [1.54, 1.807) is 31.2 Å². The van der Waals surface area contributed by atoms with Crippen molar-refractivity contribution < 1.29 is 33.3 Å². The molecular formula is C22H26N2O7. The second-order valence-corrected chi connectivity index (χ2v) is 6.99. The highest BCUT2D eigenvalue weighted by atomic mass is 16.6. The molecule has 3 rings (SSSR count). The van der Waals surface area contributed by atoms with E-state index < -0.39 is 23.3 Å². The van der Waals surface area contributed by atoms with Crippen LogP contribution in [-0.4, -0.2) is 44.8 Å². The Balaban J connectivity index is 2.30. The number of benzene rings is 1.